The van der Waals surface area contributed by atoms with Gasteiger partial charge < -0.3 is 0 Å². The minimum atomic E-state index is -0.349. The van der Waals surface area contributed by atoms with Gasteiger partial charge in [-0.25, -0.2) is 14.4 Å². The highest BCUT2D eigenvalue weighted by atomic mass is 35.5. The first-order valence-electron chi connectivity index (χ1n) is 6.65. The van der Waals surface area contributed by atoms with Gasteiger partial charge in [-0.2, -0.15) is 4.98 Å². The minimum absolute atomic E-state index is 0.0845. The van der Waals surface area contributed by atoms with E-state index in [2.05, 4.69) is 28.8 Å². The molecule has 0 fully saturated rings. The van der Waals surface area contributed by atoms with Crippen molar-refractivity contribution in [1.82, 2.24) is 19.5 Å². The molecule has 0 saturated carbocycles. The Kier molecular flexibility index (Phi) is 3.37. The Morgan fingerprint density at radius 1 is 1.24 bits per heavy atom. The normalized spacial score (nSPS) is 11.5. The summed E-state index contributed by atoms with van der Waals surface area (Å²) in [6.45, 7) is 5.81. The molecule has 0 spiro atoms. The zero-order valence-corrected chi connectivity index (χ0v) is 12.7. The maximum Gasteiger partial charge on any atom is 0.224 e. The first-order valence-corrected chi connectivity index (χ1v) is 7.03. The Labute approximate surface area is 126 Å². The number of hydrogen-bond donors (Lipinski definition) is 0. The van der Waals surface area contributed by atoms with E-state index in [1.807, 2.05) is 18.2 Å². The minimum Gasteiger partial charge on any atom is -0.279 e. The Hall–Kier alpha value is -2.01. The molecule has 0 saturated heterocycles. The van der Waals surface area contributed by atoms with Crippen LogP contribution in [0.5, 0.6) is 0 Å². The number of fused-ring (bicyclic) bond motifs is 1. The van der Waals surface area contributed by atoms with Gasteiger partial charge in [0.05, 0.1) is 11.1 Å². The van der Waals surface area contributed by atoms with Crippen LogP contribution in [0.2, 0.25) is 5.28 Å². The predicted octanol–water partition coefficient (Wildman–Crippen LogP) is 4.04. The van der Waals surface area contributed by atoms with Gasteiger partial charge in [-0.3, -0.25) is 4.57 Å². The Balaban J connectivity index is 2.32. The standard InChI is InChI=1S/C15H14ClFN4/c1-8(2)11-5-4-6-12(19-11)21-9(3)13(17)10-7-18-15(16)20-14(10)21/h4-8H,1-3H3. The van der Waals surface area contributed by atoms with Crippen LogP contribution in [0, 0.1) is 12.7 Å². The summed E-state index contributed by atoms with van der Waals surface area (Å²) in [7, 11) is 0. The maximum atomic E-state index is 14.3. The van der Waals surface area contributed by atoms with Crippen molar-refractivity contribution in [2.45, 2.75) is 26.7 Å². The average Bonchev–Trinajstić information content (AvgIpc) is 2.70. The fourth-order valence-electron chi connectivity index (χ4n) is 2.30. The maximum absolute atomic E-state index is 14.3. The van der Waals surface area contributed by atoms with Crippen molar-refractivity contribution in [3.63, 3.8) is 0 Å². The number of rotatable bonds is 2. The molecule has 0 atom stereocenters. The Bertz CT molecular complexity index is 826. The summed E-state index contributed by atoms with van der Waals surface area (Å²) in [5, 5.41) is 0.426. The van der Waals surface area contributed by atoms with Crippen molar-refractivity contribution in [2.75, 3.05) is 0 Å². The second-order valence-corrected chi connectivity index (χ2v) is 5.52. The van der Waals surface area contributed by atoms with Crippen molar-refractivity contribution >= 4 is 22.6 Å². The highest BCUT2D eigenvalue weighted by molar-refractivity contribution is 6.28. The highest BCUT2D eigenvalue weighted by Crippen LogP contribution is 2.26. The Morgan fingerprint density at radius 3 is 2.71 bits per heavy atom. The molecule has 4 nitrogen and oxygen atoms in total. The summed E-state index contributed by atoms with van der Waals surface area (Å²) in [6, 6.07) is 5.69. The van der Waals surface area contributed by atoms with Crippen molar-refractivity contribution in [3.05, 3.63) is 46.9 Å². The molecule has 0 N–H and O–H groups in total. The smallest absolute Gasteiger partial charge is 0.224 e. The van der Waals surface area contributed by atoms with E-state index in [0.29, 0.717) is 22.5 Å². The first-order chi connectivity index (χ1) is 9.99. The van der Waals surface area contributed by atoms with Crippen molar-refractivity contribution in [3.8, 4) is 5.82 Å². The highest BCUT2D eigenvalue weighted by Gasteiger charge is 2.18. The monoisotopic (exact) mass is 304 g/mol. The third-order valence-corrected chi connectivity index (χ3v) is 3.60. The Morgan fingerprint density at radius 2 is 2.00 bits per heavy atom. The van der Waals surface area contributed by atoms with Crippen LogP contribution in [0.1, 0.15) is 31.2 Å². The molecule has 0 aromatic carbocycles. The van der Waals surface area contributed by atoms with Crippen LogP contribution in [0.4, 0.5) is 4.39 Å². The molecule has 0 radical (unpaired) electrons. The van der Waals surface area contributed by atoms with Crippen LogP contribution in [0.25, 0.3) is 16.9 Å². The third kappa shape index (κ3) is 2.27. The molecule has 3 aromatic rings. The van der Waals surface area contributed by atoms with Gasteiger partial charge in [0.25, 0.3) is 0 Å². The molecular formula is C15H14ClFN4. The molecule has 0 aliphatic heterocycles. The van der Waals surface area contributed by atoms with Crippen molar-refractivity contribution in [2.24, 2.45) is 0 Å². The van der Waals surface area contributed by atoms with Crippen LogP contribution in [0.15, 0.2) is 24.4 Å². The van der Waals surface area contributed by atoms with Crippen LogP contribution in [0.3, 0.4) is 0 Å². The van der Waals surface area contributed by atoms with E-state index in [1.165, 1.54) is 6.20 Å². The van der Waals surface area contributed by atoms with E-state index in [4.69, 9.17) is 11.6 Å². The molecule has 6 heteroatoms. The van der Waals surface area contributed by atoms with Gasteiger partial charge in [0.15, 0.2) is 11.5 Å². The zero-order valence-electron chi connectivity index (χ0n) is 11.9. The topological polar surface area (TPSA) is 43.6 Å². The van der Waals surface area contributed by atoms with E-state index in [-0.39, 0.29) is 17.0 Å². The molecule has 3 aromatic heterocycles. The van der Waals surface area contributed by atoms with Gasteiger partial charge >= 0.3 is 0 Å². The summed E-state index contributed by atoms with van der Waals surface area (Å²) in [5.41, 5.74) is 1.81. The van der Waals surface area contributed by atoms with E-state index in [9.17, 15) is 4.39 Å². The van der Waals surface area contributed by atoms with Crippen LogP contribution >= 0.6 is 11.6 Å². The lowest BCUT2D eigenvalue weighted by molar-refractivity contribution is 0.623. The lowest BCUT2D eigenvalue weighted by Gasteiger charge is -2.10. The first kappa shape index (κ1) is 13.9. The van der Waals surface area contributed by atoms with Gasteiger partial charge in [0, 0.05) is 11.9 Å². The molecular weight excluding hydrogens is 291 g/mol. The summed E-state index contributed by atoms with van der Waals surface area (Å²) in [5.74, 6) is 0.566. The molecule has 108 valence electrons. The SMILES string of the molecule is Cc1c(F)c2cnc(Cl)nc2n1-c1cccc(C(C)C)n1. The molecule has 0 bridgehead atoms. The number of nitrogens with zero attached hydrogens (tertiary/aromatic N) is 4. The molecule has 3 heterocycles. The van der Waals surface area contributed by atoms with Crippen molar-refractivity contribution < 1.29 is 4.39 Å². The fraction of sp³-hybridized carbons (Fsp3) is 0.267. The molecule has 0 aliphatic carbocycles. The van der Waals surface area contributed by atoms with Crippen LogP contribution in [-0.4, -0.2) is 19.5 Å². The lowest BCUT2D eigenvalue weighted by atomic mass is 10.1. The third-order valence-electron chi connectivity index (χ3n) is 3.42. The van der Waals surface area contributed by atoms with Gasteiger partial charge in [-0.1, -0.05) is 19.9 Å². The quantitative estimate of drug-likeness (QED) is 0.671. The van der Waals surface area contributed by atoms with E-state index in [1.54, 1.807) is 11.5 Å². The van der Waals surface area contributed by atoms with Gasteiger partial charge in [0.1, 0.15) is 5.82 Å². The molecule has 0 amide bonds. The number of pyridine rings is 1. The summed E-state index contributed by atoms with van der Waals surface area (Å²) in [4.78, 5) is 12.6. The van der Waals surface area contributed by atoms with Crippen LogP contribution in [-0.2, 0) is 0 Å². The van der Waals surface area contributed by atoms with Gasteiger partial charge in [-0.05, 0) is 36.6 Å². The molecule has 3 rings (SSSR count). The summed E-state index contributed by atoms with van der Waals surface area (Å²) in [6.07, 6.45) is 1.40. The molecule has 0 unspecified atom stereocenters. The summed E-state index contributed by atoms with van der Waals surface area (Å²) < 4.78 is 16.0. The number of halogens is 2. The number of hydrogen-bond acceptors (Lipinski definition) is 3. The zero-order chi connectivity index (χ0) is 15.1. The largest absolute Gasteiger partial charge is 0.279 e. The average molecular weight is 305 g/mol. The molecule has 0 aliphatic rings. The van der Waals surface area contributed by atoms with Crippen molar-refractivity contribution in [1.29, 1.82) is 0 Å². The van der Waals surface area contributed by atoms with E-state index < -0.39 is 0 Å². The number of aromatic nitrogens is 4. The van der Waals surface area contributed by atoms with E-state index in [0.717, 1.165) is 5.69 Å². The predicted molar refractivity (Wildman–Crippen MR) is 80.5 cm³/mol. The van der Waals surface area contributed by atoms with Gasteiger partial charge in [0.2, 0.25) is 5.28 Å². The second kappa shape index (κ2) is 5.07. The fourth-order valence-corrected chi connectivity index (χ4v) is 2.42. The molecule has 21 heavy (non-hydrogen) atoms. The summed E-state index contributed by atoms with van der Waals surface area (Å²) >= 11 is 5.84. The van der Waals surface area contributed by atoms with E-state index >= 15 is 0 Å². The van der Waals surface area contributed by atoms with Crippen LogP contribution < -0.4 is 0 Å². The van der Waals surface area contributed by atoms with Gasteiger partial charge in [-0.15, -0.1) is 0 Å². The second-order valence-electron chi connectivity index (χ2n) is 5.19. The lowest BCUT2D eigenvalue weighted by Crippen LogP contribution is -2.04.